The fourth-order valence-corrected chi connectivity index (χ4v) is 2.53. The molecule has 1 atom stereocenters. The number of fused-ring (bicyclic) bond motifs is 1. The zero-order valence-electron chi connectivity index (χ0n) is 12.6. The molecule has 0 aliphatic heterocycles. The lowest BCUT2D eigenvalue weighted by atomic mass is 10.2. The zero-order valence-corrected chi connectivity index (χ0v) is 14.2. The molecule has 2 aromatic carbocycles. The van der Waals surface area contributed by atoms with Gasteiger partial charge in [-0.05, 0) is 42.5 Å². The largest absolute Gasteiger partial charge is 0.491 e. The number of aliphatic hydroxyl groups excluding tert-OH is 1. The molecule has 24 heavy (non-hydrogen) atoms. The lowest BCUT2D eigenvalue weighted by molar-refractivity contribution is 0.117. The molecule has 0 amide bonds. The van der Waals surface area contributed by atoms with E-state index in [-0.39, 0.29) is 19.0 Å². The molecule has 0 saturated heterocycles. The van der Waals surface area contributed by atoms with E-state index < -0.39 is 6.10 Å². The Labute approximate surface area is 146 Å². The third kappa shape index (κ3) is 4.18. The van der Waals surface area contributed by atoms with E-state index in [2.05, 4.69) is 31.2 Å². The number of nitrogens with zero attached hydrogens (tertiary/aromatic N) is 2. The third-order valence-corrected chi connectivity index (χ3v) is 3.85. The number of hydrogen-bond donors (Lipinski definition) is 2. The number of anilines is 1. The first-order valence-electron chi connectivity index (χ1n) is 7.32. The van der Waals surface area contributed by atoms with Crippen LogP contribution in [0.2, 0.25) is 0 Å². The van der Waals surface area contributed by atoms with Crippen molar-refractivity contribution >= 4 is 32.7 Å². The first-order chi connectivity index (χ1) is 11.6. The minimum absolute atomic E-state index is 0.0886. The highest BCUT2D eigenvalue weighted by atomic mass is 79.9. The normalized spacial score (nSPS) is 12.1. The van der Waals surface area contributed by atoms with Crippen LogP contribution in [0.1, 0.15) is 0 Å². The highest BCUT2D eigenvalue weighted by Crippen LogP contribution is 2.23. The lowest BCUT2D eigenvalue weighted by Crippen LogP contribution is -2.26. The second-order valence-corrected chi connectivity index (χ2v) is 6.10. The summed E-state index contributed by atoms with van der Waals surface area (Å²) in [6, 6.07) is 11.4. The van der Waals surface area contributed by atoms with Gasteiger partial charge in [-0.25, -0.2) is 14.4 Å². The van der Waals surface area contributed by atoms with Gasteiger partial charge in [-0.1, -0.05) is 15.9 Å². The van der Waals surface area contributed by atoms with Crippen LogP contribution in [0.3, 0.4) is 0 Å². The summed E-state index contributed by atoms with van der Waals surface area (Å²) in [6.07, 6.45) is 0.729. The molecule has 124 valence electrons. The first kappa shape index (κ1) is 16.6. The molecule has 0 aliphatic carbocycles. The highest BCUT2D eigenvalue weighted by Gasteiger charge is 2.09. The fourth-order valence-electron chi connectivity index (χ4n) is 2.17. The highest BCUT2D eigenvalue weighted by molar-refractivity contribution is 9.10. The quantitative estimate of drug-likeness (QED) is 0.673. The van der Waals surface area contributed by atoms with Crippen molar-refractivity contribution in [3.63, 3.8) is 0 Å². The van der Waals surface area contributed by atoms with Crippen LogP contribution in [0.5, 0.6) is 5.75 Å². The van der Waals surface area contributed by atoms with Gasteiger partial charge in [0.15, 0.2) is 0 Å². The number of hydrogen-bond acceptors (Lipinski definition) is 5. The fraction of sp³-hybridized carbons (Fsp3) is 0.176. The summed E-state index contributed by atoms with van der Waals surface area (Å²) in [6.45, 7) is 0.352. The number of aromatic nitrogens is 2. The molecule has 7 heteroatoms. The second-order valence-electron chi connectivity index (χ2n) is 5.18. The maximum atomic E-state index is 12.8. The van der Waals surface area contributed by atoms with Crippen LogP contribution >= 0.6 is 15.9 Å². The van der Waals surface area contributed by atoms with Gasteiger partial charge in [0.25, 0.3) is 0 Å². The molecular weight excluding hydrogens is 377 g/mol. The molecule has 0 saturated carbocycles. The Balaban J connectivity index is 1.59. The van der Waals surface area contributed by atoms with E-state index in [0.29, 0.717) is 11.6 Å². The minimum atomic E-state index is -0.743. The molecule has 0 fully saturated rings. The second kappa shape index (κ2) is 7.55. The van der Waals surface area contributed by atoms with Gasteiger partial charge in [-0.15, -0.1) is 0 Å². The standard InChI is InChI=1S/C17H15BrFN3O2/c18-11-1-6-16-15(7-11)17(22-10-21-16)20-8-13(23)9-24-14-4-2-12(19)3-5-14/h1-7,10,13,23H,8-9H2,(H,20,21,22). The summed E-state index contributed by atoms with van der Waals surface area (Å²) in [5.41, 5.74) is 0.813. The molecule has 0 spiro atoms. The number of rotatable bonds is 6. The van der Waals surface area contributed by atoms with Crippen LogP contribution in [-0.4, -0.2) is 34.3 Å². The van der Waals surface area contributed by atoms with E-state index in [4.69, 9.17) is 4.74 Å². The number of ether oxygens (including phenoxy) is 1. The number of nitrogens with one attached hydrogen (secondary N) is 1. The summed E-state index contributed by atoms with van der Waals surface area (Å²) in [5, 5.41) is 14.0. The van der Waals surface area contributed by atoms with Crippen LogP contribution in [0, 0.1) is 5.82 Å². The maximum Gasteiger partial charge on any atom is 0.137 e. The Morgan fingerprint density at radius 3 is 2.75 bits per heavy atom. The van der Waals surface area contributed by atoms with Crippen molar-refractivity contribution in [1.82, 2.24) is 9.97 Å². The monoisotopic (exact) mass is 391 g/mol. The molecule has 0 radical (unpaired) electrons. The van der Waals surface area contributed by atoms with Crippen LogP contribution in [0.4, 0.5) is 10.2 Å². The van der Waals surface area contributed by atoms with Crippen molar-refractivity contribution in [1.29, 1.82) is 0 Å². The van der Waals surface area contributed by atoms with Gasteiger partial charge >= 0.3 is 0 Å². The van der Waals surface area contributed by atoms with Gasteiger partial charge < -0.3 is 15.2 Å². The Bertz CT molecular complexity index is 830. The van der Waals surface area contributed by atoms with Crippen LogP contribution in [-0.2, 0) is 0 Å². The average molecular weight is 392 g/mol. The van der Waals surface area contributed by atoms with Crippen molar-refractivity contribution in [2.24, 2.45) is 0 Å². The molecular formula is C17H15BrFN3O2. The maximum absolute atomic E-state index is 12.8. The molecule has 5 nitrogen and oxygen atoms in total. The van der Waals surface area contributed by atoms with Crippen molar-refractivity contribution in [2.45, 2.75) is 6.10 Å². The summed E-state index contributed by atoms with van der Waals surface area (Å²) in [5.74, 6) is 0.820. The average Bonchev–Trinajstić information content (AvgIpc) is 2.59. The number of aliphatic hydroxyl groups is 1. The van der Waals surface area contributed by atoms with Gasteiger partial charge in [-0.3, -0.25) is 0 Å². The summed E-state index contributed by atoms with van der Waals surface area (Å²) < 4.78 is 19.2. The Morgan fingerprint density at radius 2 is 1.96 bits per heavy atom. The van der Waals surface area contributed by atoms with E-state index in [0.717, 1.165) is 15.4 Å². The molecule has 2 N–H and O–H groups in total. The zero-order chi connectivity index (χ0) is 16.9. The molecule has 1 unspecified atom stereocenters. The van der Waals surface area contributed by atoms with Crippen LogP contribution < -0.4 is 10.1 Å². The van der Waals surface area contributed by atoms with Crippen molar-refractivity contribution in [3.8, 4) is 5.75 Å². The Hall–Kier alpha value is -2.25. The molecule has 0 bridgehead atoms. The smallest absolute Gasteiger partial charge is 0.137 e. The predicted octanol–water partition coefficient (Wildman–Crippen LogP) is 3.38. The third-order valence-electron chi connectivity index (χ3n) is 3.36. The minimum Gasteiger partial charge on any atom is -0.491 e. The number of benzene rings is 2. The van der Waals surface area contributed by atoms with E-state index in [1.165, 1.54) is 30.6 Å². The lowest BCUT2D eigenvalue weighted by Gasteiger charge is -2.14. The van der Waals surface area contributed by atoms with Gasteiger partial charge in [0, 0.05) is 16.4 Å². The van der Waals surface area contributed by atoms with Crippen LogP contribution in [0.25, 0.3) is 10.9 Å². The Kier molecular flexibility index (Phi) is 5.22. The Morgan fingerprint density at radius 1 is 1.17 bits per heavy atom. The van der Waals surface area contributed by atoms with Gasteiger partial charge in [0.2, 0.25) is 0 Å². The van der Waals surface area contributed by atoms with Crippen molar-refractivity contribution in [2.75, 3.05) is 18.5 Å². The first-order valence-corrected chi connectivity index (χ1v) is 8.12. The van der Waals surface area contributed by atoms with Crippen LogP contribution in [0.15, 0.2) is 53.3 Å². The van der Waals surface area contributed by atoms with Gasteiger partial charge in [-0.2, -0.15) is 0 Å². The molecule has 0 aliphatic rings. The van der Waals surface area contributed by atoms with Crippen molar-refractivity contribution in [3.05, 3.63) is 59.1 Å². The summed E-state index contributed by atoms with van der Waals surface area (Å²) in [4.78, 5) is 8.41. The topological polar surface area (TPSA) is 67.3 Å². The van der Waals surface area contributed by atoms with E-state index in [9.17, 15) is 9.50 Å². The van der Waals surface area contributed by atoms with E-state index >= 15 is 0 Å². The van der Waals surface area contributed by atoms with E-state index in [1.807, 2.05) is 18.2 Å². The SMILES string of the molecule is OC(CNc1ncnc2ccc(Br)cc12)COc1ccc(F)cc1. The molecule has 1 heterocycles. The molecule has 1 aromatic heterocycles. The van der Waals surface area contributed by atoms with Crippen molar-refractivity contribution < 1.29 is 14.2 Å². The van der Waals surface area contributed by atoms with Gasteiger partial charge in [0.05, 0.1) is 5.52 Å². The summed E-state index contributed by atoms with van der Waals surface area (Å²) >= 11 is 3.42. The van der Waals surface area contributed by atoms with E-state index in [1.54, 1.807) is 0 Å². The van der Waals surface area contributed by atoms with Gasteiger partial charge in [0.1, 0.15) is 36.4 Å². The molecule has 3 rings (SSSR count). The summed E-state index contributed by atoms with van der Waals surface area (Å²) in [7, 11) is 0. The number of halogens is 2. The molecule has 3 aromatic rings. The predicted molar refractivity (Wildman–Crippen MR) is 93.6 cm³/mol.